The highest BCUT2D eigenvalue weighted by Crippen LogP contribution is 2.46. The smallest absolute Gasteiger partial charge is 0.135 e. The van der Waals surface area contributed by atoms with Crippen molar-refractivity contribution < 1.29 is 9.47 Å². The maximum Gasteiger partial charge on any atom is 0.135 e. The Morgan fingerprint density at radius 2 is 1.18 bits per heavy atom. The molecule has 4 aromatic carbocycles. The first-order valence-electron chi connectivity index (χ1n) is 12.9. The van der Waals surface area contributed by atoms with E-state index >= 15 is 0 Å². The molecule has 0 unspecified atom stereocenters. The van der Waals surface area contributed by atoms with E-state index in [-0.39, 0.29) is 0 Å². The Bertz CT molecular complexity index is 1700. The highest BCUT2D eigenvalue weighted by molar-refractivity contribution is 5.85. The number of allylic oxidation sites excluding steroid dienone is 3. The van der Waals surface area contributed by atoms with Crippen LogP contribution in [0.3, 0.4) is 0 Å². The predicted molar refractivity (Wildman–Crippen MR) is 153 cm³/mol. The van der Waals surface area contributed by atoms with Crippen LogP contribution in [0.1, 0.15) is 24.0 Å². The number of benzene rings is 4. The van der Waals surface area contributed by atoms with Gasteiger partial charge in [0.05, 0.1) is 0 Å². The van der Waals surface area contributed by atoms with Gasteiger partial charge in [-0.3, -0.25) is 4.98 Å². The largest absolute Gasteiger partial charge is 0.456 e. The molecule has 1 aromatic heterocycles. The molecule has 3 nitrogen and oxygen atoms in total. The first-order valence-corrected chi connectivity index (χ1v) is 12.9. The summed E-state index contributed by atoms with van der Waals surface area (Å²) >= 11 is 0. The molecule has 0 N–H and O–H groups in total. The van der Waals surface area contributed by atoms with Crippen LogP contribution in [0, 0.1) is 0 Å². The maximum absolute atomic E-state index is 6.79. The summed E-state index contributed by atoms with van der Waals surface area (Å²) in [6, 6.07) is 37.4. The fraction of sp³-hybridized carbons (Fsp3) is 0.0571. The highest BCUT2D eigenvalue weighted by Gasteiger charge is 2.24. The van der Waals surface area contributed by atoms with E-state index in [1.54, 1.807) is 0 Å². The van der Waals surface area contributed by atoms with Crippen molar-refractivity contribution in [1.82, 2.24) is 4.98 Å². The van der Waals surface area contributed by atoms with Gasteiger partial charge in [-0.25, -0.2) is 0 Å². The normalized spacial score (nSPS) is 14.1. The van der Waals surface area contributed by atoms with Gasteiger partial charge >= 0.3 is 0 Å². The average Bonchev–Trinajstić information content (AvgIpc) is 2.99. The lowest BCUT2D eigenvalue weighted by molar-refractivity contribution is 0.440. The number of aromatic nitrogens is 1. The number of fused-ring (bicyclic) bond motifs is 5. The average molecular weight is 492 g/mol. The fourth-order valence-corrected chi connectivity index (χ4v) is 5.31. The third kappa shape index (κ3) is 4.08. The van der Waals surface area contributed by atoms with Crippen molar-refractivity contribution in [1.29, 1.82) is 0 Å². The minimum atomic E-state index is 0.808. The topological polar surface area (TPSA) is 31.4 Å². The number of hydrogen-bond acceptors (Lipinski definition) is 3. The van der Waals surface area contributed by atoms with Crippen LogP contribution in [-0.4, -0.2) is 4.98 Å². The van der Waals surface area contributed by atoms with Crippen LogP contribution in [-0.2, 0) is 0 Å². The Kier molecular flexibility index (Phi) is 5.60. The third-order valence-corrected chi connectivity index (χ3v) is 7.22. The minimum Gasteiger partial charge on any atom is -0.456 e. The molecule has 7 rings (SSSR count). The first kappa shape index (κ1) is 22.3. The molecule has 0 amide bonds. The Hall–Kier alpha value is -4.89. The summed E-state index contributed by atoms with van der Waals surface area (Å²) in [7, 11) is 0. The lowest BCUT2D eigenvalue weighted by Gasteiger charge is -2.26. The Labute approximate surface area is 222 Å². The van der Waals surface area contributed by atoms with Gasteiger partial charge in [0.2, 0.25) is 0 Å². The molecular weight excluding hydrogens is 466 g/mol. The van der Waals surface area contributed by atoms with E-state index in [1.807, 2.05) is 54.9 Å². The summed E-state index contributed by atoms with van der Waals surface area (Å²) in [5.74, 6) is 3.30. The van der Waals surface area contributed by atoms with Crippen molar-refractivity contribution in [2.24, 2.45) is 0 Å². The molecular formula is C35H25NO2. The monoisotopic (exact) mass is 491 g/mol. The number of hydrogen-bond donors (Lipinski definition) is 0. The summed E-state index contributed by atoms with van der Waals surface area (Å²) in [5, 5.41) is 0. The zero-order valence-electron chi connectivity index (χ0n) is 20.8. The van der Waals surface area contributed by atoms with Gasteiger partial charge in [-0.15, -0.1) is 0 Å². The Balaban J connectivity index is 1.47. The van der Waals surface area contributed by atoms with Crippen molar-refractivity contribution in [3.63, 3.8) is 0 Å². The summed E-state index contributed by atoms with van der Waals surface area (Å²) in [6.07, 6.45) is 7.62. The number of ether oxygens (including phenoxy) is 2. The number of pyridine rings is 1. The quantitative estimate of drug-likeness (QED) is 0.247. The van der Waals surface area contributed by atoms with Crippen LogP contribution in [0.4, 0.5) is 0 Å². The molecule has 1 aliphatic carbocycles. The van der Waals surface area contributed by atoms with Crippen molar-refractivity contribution >= 4 is 11.1 Å². The van der Waals surface area contributed by atoms with Crippen LogP contribution in [0.15, 0.2) is 133 Å². The molecule has 0 saturated carbocycles. The Morgan fingerprint density at radius 3 is 1.95 bits per heavy atom. The van der Waals surface area contributed by atoms with Crippen molar-refractivity contribution in [3.05, 3.63) is 145 Å². The number of nitrogens with zero attached hydrogens (tertiary/aromatic N) is 1. The molecule has 2 aliphatic rings. The van der Waals surface area contributed by atoms with E-state index in [9.17, 15) is 0 Å². The second-order valence-corrected chi connectivity index (χ2v) is 9.52. The molecule has 0 bridgehead atoms. The highest BCUT2D eigenvalue weighted by atomic mass is 16.5. The summed E-state index contributed by atoms with van der Waals surface area (Å²) in [6.45, 7) is 0. The van der Waals surface area contributed by atoms with Gasteiger partial charge in [-0.2, -0.15) is 0 Å². The van der Waals surface area contributed by atoms with Gasteiger partial charge in [-0.05, 0) is 71.5 Å². The molecule has 3 heteroatoms. The first-order chi connectivity index (χ1) is 18.8. The van der Waals surface area contributed by atoms with Crippen LogP contribution in [0.5, 0.6) is 17.2 Å². The van der Waals surface area contributed by atoms with Gasteiger partial charge < -0.3 is 9.47 Å². The van der Waals surface area contributed by atoms with Gasteiger partial charge in [0.25, 0.3) is 0 Å². The van der Waals surface area contributed by atoms with Crippen LogP contribution >= 0.6 is 0 Å². The van der Waals surface area contributed by atoms with Crippen molar-refractivity contribution in [2.45, 2.75) is 12.8 Å². The van der Waals surface area contributed by atoms with Gasteiger partial charge in [0.1, 0.15) is 23.0 Å². The molecule has 5 aromatic rings. The predicted octanol–water partition coefficient (Wildman–Crippen LogP) is 9.19. The van der Waals surface area contributed by atoms with Crippen LogP contribution < -0.4 is 9.47 Å². The molecule has 0 saturated heterocycles. The van der Waals surface area contributed by atoms with Crippen LogP contribution in [0.2, 0.25) is 0 Å². The summed E-state index contributed by atoms with van der Waals surface area (Å²) in [5.41, 5.74) is 8.88. The van der Waals surface area contributed by atoms with E-state index < -0.39 is 0 Å². The molecule has 1 aliphatic heterocycles. The zero-order chi connectivity index (χ0) is 25.3. The van der Waals surface area contributed by atoms with E-state index in [1.165, 1.54) is 11.1 Å². The third-order valence-electron chi connectivity index (χ3n) is 7.22. The summed E-state index contributed by atoms with van der Waals surface area (Å²) < 4.78 is 13.6. The van der Waals surface area contributed by atoms with E-state index in [0.717, 1.165) is 69.2 Å². The molecule has 0 spiro atoms. The van der Waals surface area contributed by atoms with Crippen molar-refractivity contribution in [3.8, 4) is 39.5 Å². The van der Waals surface area contributed by atoms with E-state index in [2.05, 4.69) is 77.8 Å². The van der Waals surface area contributed by atoms with Gasteiger partial charge in [0.15, 0.2) is 0 Å². The lowest BCUT2D eigenvalue weighted by Crippen LogP contribution is -2.07. The maximum atomic E-state index is 6.79. The van der Waals surface area contributed by atoms with E-state index in [4.69, 9.17) is 9.47 Å². The molecule has 182 valence electrons. The van der Waals surface area contributed by atoms with Crippen LogP contribution in [0.25, 0.3) is 33.4 Å². The number of rotatable bonds is 2. The van der Waals surface area contributed by atoms with Gasteiger partial charge in [0, 0.05) is 34.7 Å². The molecule has 0 atom stereocenters. The van der Waals surface area contributed by atoms with E-state index in [0.29, 0.717) is 0 Å². The lowest BCUT2D eigenvalue weighted by atomic mass is 9.88. The Morgan fingerprint density at radius 1 is 0.500 bits per heavy atom. The molecule has 0 fully saturated rings. The summed E-state index contributed by atoms with van der Waals surface area (Å²) in [4.78, 5) is 4.20. The molecule has 38 heavy (non-hydrogen) atoms. The van der Waals surface area contributed by atoms with Crippen molar-refractivity contribution in [2.75, 3.05) is 0 Å². The second kappa shape index (κ2) is 9.53. The fourth-order valence-electron chi connectivity index (χ4n) is 5.31. The molecule has 0 radical (unpaired) electrons. The molecule has 2 heterocycles. The second-order valence-electron chi connectivity index (χ2n) is 9.52. The minimum absolute atomic E-state index is 0.808. The number of para-hydroxylation sites is 2. The SMILES string of the molecule is C1=C(c2ccncc2)CCC2=C1Oc1ccccc1-c1ccccc1Oc1cc(-c3ccccc3)ccc12. The standard InChI is InChI=1S/C35H25NO2/c1-2-8-24(9-3-1)26-14-16-30-31-17-15-27(25-18-20-36-21-19-25)23-35(31)38-33-13-7-5-11-29(33)28-10-4-6-12-32(28)37-34(30)22-26/h1-14,16,18-23H,15,17H2. The van der Waals surface area contributed by atoms with Gasteiger partial charge in [-0.1, -0.05) is 78.9 Å². The zero-order valence-corrected chi connectivity index (χ0v) is 20.8.